The highest BCUT2D eigenvalue weighted by atomic mass is 32.2. The molecule has 0 aliphatic carbocycles. The Morgan fingerprint density at radius 1 is 0.929 bits per heavy atom. The van der Waals surface area contributed by atoms with Gasteiger partial charge in [0.1, 0.15) is 0 Å². The molecule has 0 bridgehead atoms. The van der Waals surface area contributed by atoms with Gasteiger partial charge in [-0.2, -0.15) is 0 Å². The molecule has 0 heterocycles. The van der Waals surface area contributed by atoms with Gasteiger partial charge < -0.3 is 19.5 Å². The number of carbonyl (C=O) groups is 1. The summed E-state index contributed by atoms with van der Waals surface area (Å²) in [5.41, 5.74) is 0.506. The Labute approximate surface area is 171 Å². The minimum atomic E-state index is -0.144. The van der Waals surface area contributed by atoms with Crippen molar-refractivity contribution in [3.8, 4) is 17.2 Å². The van der Waals surface area contributed by atoms with Crippen LogP contribution in [0.1, 0.15) is 37.6 Å². The predicted octanol–water partition coefficient (Wildman–Crippen LogP) is 4.79. The average molecular weight is 404 g/mol. The standard InChI is InChI=1S/C22H29NO4S/c1-4-25-19-15-17(16-20(26-5-2)21(19)27-6-3)22(24)23-13-10-14-28-18-11-8-7-9-12-18/h7-9,11-12,15-16H,4-6,10,13-14H2,1-3H3,(H,23,24). The summed E-state index contributed by atoms with van der Waals surface area (Å²) < 4.78 is 17.0. The minimum absolute atomic E-state index is 0.144. The molecule has 0 aliphatic heterocycles. The second kappa shape index (κ2) is 12.2. The summed E-state index contributed by atoms with van der Waals surface area (Å²) in [6.45, 7) is 7.76. The number of hydrogen-bond donors (Lipinski definition) is 1. The number of thioether (sulfide) groups is 1. The zero-order chi connectivity index (χ0) is 20.2. The molecule has 6 heteroatoms. The normalized spacial score (nSPS) is 10.4. The molecule has 0 aromatic heterocycles. The highest BCUT2D eigenvalue weighted by Crippen LogP contribution is 2.39. The molecule has 28 heavy (non-hydrogen) atoms. The number of nitrogens with one attached hydrogen (secondary N) is 1. The molecule has 0 spiro atoms. The highest BCUT2D eigenvalue weighted by Gasteiger charge is 2.18. The number of ether oxygens (including phenoxy) is 3. The number of rotatable bonds is 12. The van der Waals surface area contributed by atoms with Crippen LogP contribution in [0, 0.1) is 0 Å². The van der Waals surface area contributed by atoms with Gasteiger partial charge in [0.2, 0.25) is 5.75 Å². The van der Waals surface area contributed by atoms with Crippen molar-refractivity contribution in [1.82, 2.24) is 5.32 Å². The number of benzene rings is 2. The first kappa shape index (κ1) is 22.0. The van der Waals surface area contributed by atoms with E-state index >= 15 is 0 Å². The first-order valence-electron chi connectivity index (χ1n) is 9.72. The summed E-state index contributed by atoms with van der Waals surface area (Å²) >= 11 is 1.79. The molecule has 0 saturated heterocycles. The summed E-state index contributed by atoms with van der Waals surface area (Å²) in [4.78, 5) is 13.8. The lowest BCUT2D eigenvalue weighted by molar-refractivity contribution is 0.0952. The smallest absolute Gasteiger partial charge is 0.251 e. The molecular formula is C22H29NO4S. The van der Waals surface area contributed by atoms with E-state index in [1.807, 2.05) is 39.0 Å². The van der Waals surface area contributed by atoms with E-state index in [-0.39, 0.29) is 5.91 Å². The summed E-state index contributed by atoms with van der Waals surface area (Å²) in [5, 5.41) is 2.97. The first-order valence-corrected chi connectivity index (χ1v) is 10.7. The lowest BCUT2D eigenvalue weighted by atomic mass is 10.1. The maximum absolute atomic E-state index is 12.6. The van der Waals surface area contributed by atoms with E-state index in [1.54, 1.807) is 23.9 Å². The Morgan fingerprint density at radius 3 is 2.11 bits per heavy atom. The Morgan fingerprint density at radius 2 is 1.54 bits per heavy atom. The quantitative estimate of drug-likeness (QED) is 0.408. The lowest BCUT2D eigenvalue weighted by Crippen LogP contribution is -2.25. The van der Waals surface area contributed by atoms with Gasteiger partial charge in [-0.25, -0.2) is 0 Å². The molecule has 5 nitrogen and oxygen atoms in total. The van der Waals surface area contributed by atoms with E-state index in [0.29, 0.717) is 49.2 Å². The molecule has 0 radical (unpaired) electrons. The van der Waals surface area contributed by atoms with Crippen molar-refractivity contribution in [2.75, 3.05) is 32.1 Å². The van der Waals surface area contributed by atoms with Gasteiger partial charge in [-0.3, -0.25) is 4.79 Å². The molecule has 0 fully saturated rings. The molecule has 0 aliphatic rings. The molecule has 1 N–H and O–H groups in total. The van der Waals surface area contributed by atoms with Crippen LogP contribution in [0.3, 0.4) is 0 Å². The van der Waals surface area contributed by atoms with E-state index < -0.39 is 0 Å². The van der Waals surface area contributed by atoms with Crippen molar-refractivity contribution >= 4 is 17.7 Å². The fourth-order valence-corrected chi connectivity index (χ4v) is 3.48. The third-order valence-electron chi connectivity index (χ3n) is 3.79. The van der Waals surface area contributed by atoms with Gasteiger partial charge in [0, 0.05) is 17.0 Å². The molecule has 1 amide bonds. The van der Waals surface area contributed by atoms with Crippen LogP contribution >= 0.6 is 11.8 Å². The molecule has 152 valence electrons. The molecule has 0 unspecified atom stereocenters. The third-order valence-corrected chi connectivity index (χ3v) is 4.89. The SMILES string of the molecule is CCOc1cc(C(=O)NCCCSc2ccccc2)cc(OCC)c1OCC. The monoisotopic (exact) mass is 403 g/mol. The number of hydrogen-bond acceptors (Lipinski definition) is 5. The maximum Gasteiger partial charge on any atom is 0.251 e. The van der Waals surface area contributed by atoms with Crippen LogP contribution in [-0.2, 0) is 0 Å². The van der Waals surface area contributed by atoms with Gasteiger partial charge >= 0.3 is 0 Å². The highest BCUT2D eigenvalue weighted by molar-refractivity contribution is 7.99. The van der Waals surface area contributed by atoms with Crippen molar-refractivity contribution in [2.45, 2.75) is 32.1 Å². The van der Waals surface area contributed by atoms with Crippen molar-refractivity contribution < 1.29 is 19.0 Å². The fourth-order valence-electron chi connectivity index (χ4n) is 2.60. The lowest BCUT2D eigenvalue weighted by Gasteiger charge is -2.17. The molecule has 2 rings (SSSR count). The van der Waals surface area contributed by atoms with E-state index in [9.17, 15) is 4.79 Å². The Kier molecular flexibility index (Phi) is 9.55. The second-order valence-corrected chi connectivity index (χ2v) is 7.04. The van der Waals surface area contributed by atoms with Crippen LogP contribution in [0.4, 0.5) is 0 Å². The van der Waals surface area contributed by atoms with E-state index in [2.05, 4.69) is 17.4 Å². The van der Waals surface area contributed by atoms with Crippen LogP contribution in [0.2, 0.25) is 0 Å². The van der Waals surface area contributed by atoms with Gasteiger partial charge in [-0.05, 0) is 57.2 Å². The summed E-state index contributed by atoms with van der Waals surface area (Å²) in [6, 6.07) is 13.7. The minimum Gasteiger partial charge on any atom is -0.490 e. The molecule has 2 aromatic rings. The van der Waals surface area contributed by atoms with Crippen molar-refractivity contribution in [3.63, 3.8) is 0 Å². The Balaban J connectivity index is 1.97. The molecule has 0 saturated carbocycles. The van der Waals surface area contributed by atoms with Crippen LogP contribution in [0.25, 0.3) is 0 Å². The summed E-state index contributed by atoms with van der Waals surface area (Å²) in [7, 11) is 0. The van der Waals surface area contributed by atoms with Crippen molar-refractivity contribution in [3.05, 3.63) is 48.0 Å². The Hall–Kier alpha value is -2.34. The van der Waals surface area contributed by atoms with E-state index in [4.69, 9.17) is 14.2 Å². The van der Waals surface area contributed by atoms with Crippen LogP contribution in [-0.4, -0.2) is 38.0 Å². The molecule has 0 atom stereocenters. The first-order chi connectivity index (χ1) is 13.7. The van der Waals surface area contributed by atoms with E-state index in [0.717, 1.165) is 12.2 Å². The van der Waals surface area contributed by atoms with Crippen molar-refractivity contribution in [2.24, 2.45) is 0 Å². The number of amides is 1. The number of carbonyl (C=O) groups excluding carboxylic acids is 1. The summed E-state index contributed by atoms with van der Waals surface area (Å²) in [5.74, 6) is 2.40. The fraction of sp³-hybridized carbons (Fsp3) is 0.409. The zero-order valence-electron chi connectivity index (χ0n) is 16.8. The van der Waals surface area contributed by atoms with E-state index in [1.165, 1.54) is 4.90 Å². The molecular weight excluding hydrogens is 374 g/mol. The largest absolute Gasteiger partial charge is 0.490 e. The molecule has 2 aromatic carbocycles. The van der Waals surface area contributed by atoms with Crippen LogP contribution in [0.5, 0.6) is 17.2 Å². The summed E-state index contributed by atoms with van der Waals surface area (Å²) in [6.07, 6.45) is 0.888. The van der Waals surface area contributed by atoms with Crippen molar-refractivity contribution in [1.29, 1.82) is 0 Å². The predicted molar refractivity (Wildman–Crippen MR) is 114 cm³/mol. The van der Waals surface area contributed by atoms with Gasteiger partial charge in [0.25, 0.3) is 5.91 Å². The zero-order valence-corrected chi connectivity index (χ0v) is 17.6. The van der Waals surface area contributed by atoms with Gasteiger partial charge in [-0.1, -0.05) is 18.2 Å². The van der Waals surface area contributed by atoms with Crippen LogP contribution < -0.4 is 19.5 Å². The third kappa shape index (κ3) is 6.68. The van der Waals surface area contributed by atoms with Gasteiger partial charge in [-0.15, -0.1) is 11.8 Å². The van der Waals surface area contributed by atoms with Crippen LogP contribution in [0.15, 0.2) is 47.4 Å². The average Bonchev–Trinajstić information content (AvgIpc) is 2.71. The Bertz CT molecular complexity index is 710. The topological polar surface area (TPSA) is 56.8 Å². The van der Waals surface area contributed by atoms with Gasteiger partial charge in [0.05, 0.1) is 19.8 Å². The second-order valence-electron chi connectivity index (χ2n) is 5.87. The maximum atomic E-state index is 12.6. The van der Waals surface area contributed by atoms with Gasteiger partial charge in [0.15, 0.2) is 11.5 Å².